The third-order valence-corrected chi connectivity index (χ3v) is 3.05. The summed E-state index contributed by atoms with van der Waals surface area (Å²) in [6.45, 7) is 0. The highest BCUT2D eigenvalue weighted by molar-refractivity contribution is 5.75. The Bertz CT molecular complexity index is 719. The number of nitrogens with zero attached hydrogens (tertiary/aromatic N) is 3. The van der Waals surface area contributed by atoms with Crippen molar-refractivity contribution in [1.29, 1.82) is 0 Å². The fraction of sp³-hybridized carbons (Fsp3) is 0.0667. The van der Waals surface area contributed by atoms with Gasteiger partial charge in [0, 0.05) is 23.0 Å². The van der Waals surface area contributed by atoms with E-state index in [4.69, 9.17) is 10.5 Å². The average Bonchev–Trinajstić information content (AvgIpc) is 2.97. The van der Waals surface area contributed by atoms with Gasteiger partial charge in [-0.3, -0.25) is 0 Å². The van der Waals surface area contributed by atoms with Crippen molar-refractivity contribution in [2.75, 3.05) is 12.8 Å². The lowest BCUT2D eigenvalue weighted by atomic mass is 10.1. The van der Waals surface area contributed by atoms with Crippen LogP contribution in [0.15, 0.2) is 55.0 Å². The van der Waals surface area contributed by atoms with Gasteiger partial charge in [-0.2, -0.15) is 5.10 Å². The lowest BCUT2D eigenvalue weighted by Crippen LogP contribution is -1.97. The monoisotopic (exact) mass is 266 g/mol. The van der Waals surface area contributed by atoms with Gasteiger partial charge in [-0.15, -0.1) is 0 Å². The molecule has 20 heavy (non-hydrogen) atoms. The SMILES string of the molecule is COc1ccc(-n2cc(-c3ccccc3N)cn2)nc1. The number of nitrogen functional groups attached to an aromatic ring is 1. The smallest absolute Gasteiger partial charge is 0.153 e. The first kappa shape index (κ1) is 12.2. The van der Waals surface area contributed by atoms with Crippen LogP contribution in [0.5, 0.6) is 5.75 Å². The van der Waals surface area contributed by atoms with Crippen LogP contribution in [-0.2, 0) is 0 Å². The zero-order valence-electron chi connectivity index (χ0n) is 11.0. The molecular weight excluding hydrogens is 252 g/mol. The largest absolute Gasteiger partial charge is 0.495 e. The van der Waals surface area contributed by atoms with Crippen molar-refractivity contribution in [3.8, 4) is 22.7 Å². The summed E-state index contributed by atoms with van der Waals surface area (Å²) < 4.78 is 6.80. The van der Waals surface area contributed by atoms with Crippen LogP contribution in [0.2, 0.25) is 0 Å². The molecule has 3 rings (SSSR count). The van der Waals surface area contributed by atoms with E-state index < -0.39 is 0 Å². The second-order valence-corrected chi connectivity index (χ2v) is 4.32. The van der Waals surface area contributed by atoms with Crippen molar-refractivity contribution >= 4 is 5.69 Å². The number of ether oxygens (including phenoxy) is 1. The van der Waals surface area contributed by atoms with Crippen LogP contribution < -0.4 is 10.5 Å². The molecule has 0 saturated heterocycles. The predicted molar refractivity (Wildman–Crippen MR) is 77.8 cm³/mol. The van der Waals surface area contributed by atoms with Gasteiger partial charge in [-0.1, -0.05) is 18.2 Å². The minimum Gasteiger partial charge on any atom is -0.495 e. The van der Waals surface area contributed by atoms with E-state index in [1.165, 1.54) is 0 Å². The van der Waals surface area contributed by atoms with Crippen molar-refractivity contribution in [3.05, 3.63) is 55.0 Å². The number of hydrogen-bond donors (Lipinski definition) is 1. The number of anilines is 1. The van der Waals surface area contributed by atoms with Gasteiger partial charge >= 0.3 is 0 Å². The summed E-state index contributed by atoms with van der Waals surface area (Å²) >= 11 is 0. The van der Waals surface area contributed by atoms with Gasteiger partial charge < -0.3 is 10.5 Å². The molecule has 0 fully saturated rings. The van der Waals surface area contributed by atoms with Crippen molar-refractivity contribution in [2.24, 2.45) is 0 Å². The number of methoxy groups -OCH3 is 1. The lowest BCUT2D eigenvalue weighted by molar-refractivity contribution is 0.412. The summed E-state index contributed by atoms with van der Waals surface area (Å²) in [7, 11) is 1.61. The van der Waals surface area contributed by atoms with E-state index in [0.717, 1.165) is 22.6 Å². The maximum absolute atomic E-state index is 5.97. The van der Waals surface area contributed by atoms with Crippen LogP contribution in [0.3, 0.4) is 0 Å². The van der Waals surface area contributed by atoms with Crippen LogP contribution in [0.25, 0.3) is 16.9 Å². The molecule has 0 spiro atoms. The van der Waals surface area contributed by atoms with Crippen molar-refractivity contribution in [1.82, 2.24) is 14.8 Å². The summed E-state index contributed by atoms with van der Waals surface area (Å²) in [4.78, 5) is 4.29. The third kappa shape index (κ3) is 2.21. The lowest BCUT2D eigenvalue weighted by Gasteiger charge is -2.03. The van der Waals surface area contributed by atoms with Crippen LogP contribution in [0.1, 0.15) is 0 Å². The van der Waals surface area contributed by atoms with Gasteiger partial charge in [-0.25, -0.2) is 9.67 Å². The summed E-state index contributed by atoms with van der Waals surface area (Å²) in [6.07, 6.45) is 5.34. The fourth-order valence-electron chi connectivity index (χ4n) is 1.98. The Balaban J connectivity index is 1.95. The first-order chi connectivity index (χ1) is 9.78. The molecule has 0 aliphatic heterocycles. The van der Waals surface area contributed by atoms with Gasteiger partial charge in [-0.05, 0) is 18.2 Å². The average molecular weight is 266 g/mol. The molecule has 0 bridgehead atoms. The summed E-state index contributed by atoms with van der Waals surface area (Å²) in [5.74, 6) is 1.44. The molecule has 0 aliphatic carbocycles. The van der Waals surface area contributed by atoms with E-state index >= 15 is 0 Å². The summed E-state index contributed by atoms with van der Waals surface area (Å²) in [5, 5.41) is 4.32. The molecule has 100 valence electrons. The van der Waals surface area contributed by atoms with E-state index in [1.54, 1.807) is 24.2 Å². The predicted octanol–water partition coefficient (Wildman–Crippen LogP) is 2.53. The molecule has 0 saturated carbocycles. The summed E-state index contributed by atoms with van der Waals surface area (Å²) in [5.41, 5.74) is 8.62. The normalized spacial score (nSPS) is 10.4. The highest BCUT2D eigenvalue weighted by Gasteiger charge is 2.06. The number of aromatic nitrogens is 3. The van der Waals surface area contributed by atoms with Gasteiger partial charge in [0.2, 0.25) is 0 Å². The maximum Gasteiger partial charge on any atom is 0.153 e. The Kier molecular flexibility index (Phi) is 3.09. The number of benzene rings is 1. The van der Waals surface area contributed by atoms with E-state index in [1.807, 2.05) is 42.6 Å². The molecule has 1 aromatic carbocycles. The maximum atomic E-state index is 5.97. The Hall–Kier alpha value is -2.82. The van der Waals surface area contributed by atoms with Crippen LogP contribution in [-0.4, -0.2) is 21.9 Å². The number of hydrogen-bond acceptors (Lipinski definition) is 4. The van der Waals surface area contributed by atoms with Crippen molar-refractivity contribution in [2.45, 2.75) is 0 Å². The Morgan fingerprint density at radius 2 is 1.95 bits per heavy atom. The van der Waals surface area contributed by atoms with Gasteiger partial charge in [0.1, 0.15) is 5.75 Å². The third-order valence-electron chi connectivity index (χ3n) is 3.05. The molecule has 0 atom stereocenters. The van der Waals surface area contributed by atoms with Gasteiger partial charge in [0.05, 0.1) is 19.5 Å². The molecule has 0 unspecified atom stereocenters. The van der Waals surface area contributed by atoms with Crippen LogP contribution >= 0.6 is 0 Å². The molecule has 0 amide bonds. The van der Waals surface area contributed by atoms with E-state index in [9.17, 15) is 0 Å². The minimum atomic E-state index is 0.716. The molecule has 2 N–H and O–H groups in total. The molecule has 2 aromatic heterocycles. The molecule has 0 aliphatic rings. The van der Waals surface area contributed by atoms with Crippen LogP contribution in [0.4, 0.5) is 5.69 Å². The zero-order valence-corrected chi connectivity index (χ0v) is 11.0. The fourth-order valence-corrected chi connectivity index (χ4v) is 1.98. The van der Waals surface area contributed by atoms with E-state index in [2.05, 4.69) is 10.1 Å². The second kappa shape index (κ2) is 5.05. The molecule has 3 aromatic rings. The zero-order chi connectivity index (χ0) is 13.9. The molecule has 5 nitrogen and oxygen atoms in total. The highest BCUT2D eigenvalue weighted by atomic mass is 16.5. The van der Waals surface area contributed by atoms with Gasteiger partial charge in [0.15, 0.2) is 5.82 Å². The first-order valence-electron chi connectivity index (χ1n) is 6.18. The number of para-hydroxylation sites is 1. The quantitative estimate of drug-likeness (QED) is 0.740. The summed E-state index contributed by atoms with van der Waals surface area (Å²) in [6, 6.07) is 11.4. The topological polar surface area (TPSA) is 66.0 Å². The van der Waals surface area contributed by atoms with Crippen molar-refractivity contribution in [3.63, 3.8) is 0 Å². The Morgan fingerprint density at radius 3 is 2.65 bits per heavy atom. The molecule has 2 heterocycles. The van der Waals surface area contributed by atoms with Crippen LogP contribution in [0, 0.1) is 0 Å². The molecule has 0 radical (unpaired) electrons. The number of pyridine rings is 1. The highest BCUT2D eigenvalue weighted by Crippen LogP contribution is 2.25. The molecule has 5 heteroatoms. The Labute approximate surface area is 116 Å². The minimum absolute atomic E-state index is 0.716. The standard InChI is InChI=1S/C15H14N4O/c1-20-12-6-7-15(17-9-12)19-10-11(8-18-19)13-4-2-3-5-14(13)16/h2-10H,16H2,1H3. The molecular formula is C15H14N4O. The van der Waals surface area contributed by atoms with E-state index in [0.29, 0.717) is 5.75 Å². The second-order valence-electron chi connectivity index (χ2n) is 4.32. The van der Waals surface area contributed by atoms with Crippen molar-refractivity contribution < 1.29 is 4.74 Å². The van der Waals surface area contributed by atoms with E-state index in [-0.39, 0.29) is 0 Å². The number of nitrogens with two attached hydrogens (primary N) is 1. The van der Waals surface area contributed by atoms with Gasteiger partial charge in [0.25, 0.3) is 0 Å². The first-order valence-corrected chi connectivity index (χ1v) is 6.18. The Morgan fingerprint density at radius 1 is 1.10 bits per heavy atom. The number of rotatable bonds is 3.